The number of H-pyrrole nitrogens is 1. The predicted octanol–water partition coefficient (Wildman–Crippen LogP) is 3.39. The Hall–Kier alpha value is -4.60. The molecule has 4 aromatic rings. The van der Waals surface area contributed by atoms with Crippen molar-refractivity contribution in [2.75, 3.05) is 58.8 Å². The number of carbonyl (C=O) groups is 2. The normalized spacial score (nSPS) is 14.5. The summed E-state index contributed by atoms with van der Waals surface area (Å²) in [7, 11) is 0.550. The average Bonchev–Trinajstić information content (AvgIpc) is 3.34. The Morgan fingerprint density at radius 3 is 2.18 bits per heavy atom. The number of aromatic hydroxyl groups is 1. The molecule has 0 atom stereocenters. The van der Waals surface area contributed by atoms with E-state index >= 15 is 0 Å². The number of likely N-dealkylation sites (N-methyl/N-ethyl adjacent to an activating group) is 2. The summed E-state index contributed by atoms with van der Waals surface area (Å²) in [5.74, 6) is -0.465. The second kappa shape index (κ2) is 14.5. The van der Waals surface area contributed by atoms with Gasteiger partial charge in [0, 0.05) is 55.4 Å². The number of carbonyl (C=O) groups excluding carboxylic acids is 2. The van der Waals surface area contributed by atoms with Crippen LogP contribution in [0.3, 0.4) is 0 Å². The maximum atomic E-state index is 12.9. The molecule has 5 rings (SSSR count). The SMILES string of the molecule is COC(=O)c1ccc2c(C(=Nc3ccc(N(C)C(=O)CN4CCN(C)CC4)cc3)c3ccccc3)c(O)[nH]c2c1.O=S(=O)(O)O. The smallest absolute Gasteiger partial charge is 0.394 e. The van der Waals surface area contributed by atoms with Crippen molar-refractivity contribution in [2.24, 2.45) is 4.99 Å². The van der Waals surface area contributed by atoms with Gasteiger partial charge in [0.2, 0.25) is 5.91 Å². The molecule has 1 aromatic heterocycles. The quantitative estimate of drug-likeness (QED) is 0.134. The van der Waals surface area contributed by atoms with Crippen molar-refractivity contribution < 1.29 is 37.0 Å². The highest BCUT2D eigenvalue weighted by atomic mass is 32.3. The number of anilines is 1. The Labute approximate surface area is 260 Å². The van der Waals surface area contributed by atoms with Crippen LogP contribution >= 0.6 is 0 Å². The fraction of sp³-hybridized carbons (Fsp3) is 0.258. The number of piperazine rings is 1. The number of hydrogen-bond donors (Lipinski definition) is 4. The van der Waals surface area contributed by atoms with E-state index in [9.17, 15) is 14.7 Å². The summed E-state index contributed by atoms with van der Waals surface area (Å²) in [6, 6.07) is 22.2. The number of benzene rings is 3. The number of amides is 1. The Morgan fingerprint density at radius 2 is 1.58 bits per heavy atom. The molecule has 0 saturated carbocycles. The number of aromatic amines is 1. The van der Waals surface area contributed by atoms with E-state index in [1.807, 2.05) is 54.6 Å². The monoisotopic (exact) mass is 637 g/mol. The highest BCUT2D eigenvalue weighted by Gasteiger charge is 2.21. The highest BCUT2D eigenvalue weighted by Crippen LogP contribution is 2.32. The van der Waals surface area contributed by atoms with Crippen molar-refractivity contribution in [1.82, 2.24) is 14.8 Å². The first-order chi connectivity index (χ1) is 21.3. The molecule has 1 saturated heterocycles. The molecule has 1 aliphatic heterocycles. The van der Waals surface area contributed by atoms with Gasteiger partial charge in [0.05, 0.1) is 36.2 Å². The predicted molar refractivity (Wildman–Crippen MR) is 171 cm³/mol. The van der Waals surface area contributed by atoms with Crippen LogP contribution in [0, 0.1) is 0 Å². The molecule has 0 radical (unpaired) electrons. The van der Waals surface area contributed by atoms with Crippen LogP contribution < -0.4 is 4.90 Å². The number of aromatic nitrogens is 1. The molecule has 14 heteroatoms. The first-order valence-electron chi connectivity index (χ1n) is 13.9. The number of hydrogen-bond acceptors (Lipinski definition) is 9. The molecular formula is C31H35N5O8S. The number of esters is 1. The standard InChI is InChI=1S/C31H33N5O4.H2O4S/c1-34-15-17-36(18-16-34)20-27(37)35(2)24-12-10-23(11-13-24)32-29(21-7-5-4-6-8-21)28-25-14-9-22(31(39)40-3)19-26(25)33-30(28)38;1-5(2,3)4/h4-14,19,33,38H,15-18,20H2,1-3H3;(H2,1,2,3,4). The molecule has 45 heavy (non-hydrogen) atoms. The third kappa shape index (κ3) is 8.97. The summed E-state index contributed by atoms with van der Waals surface area (Å²) >= 11 is 0. The number of aliphatic imine (C=N–C) groups is 1. The second-order valence-electron chi connectivity index (χ2n) is 10.4. The Bertz CT molecular complexity index is 1770. The zero-order valence-electron chi connectivity index (χ0n) is 25.0. The molecule has 1 amide bonds. The summed E-state index contributed by atoms with van der Waals surface area (Å²) in [6.45, 7) is 4.09. The van der Waals surface area contributed by atoms with E-state index in [0.717, 1.165) is 42.8 Å². The van der Waals surface area contributed by atoms with Crippen LogP contribution in [-0.4, -0.2) is 109 Å². The van der Waals surface area contributed by atoms with Crippen LogP contribution in [0.2, 0.25) is 0 Å². The highest BCUT2D eigenvalue weighted by molar-refractivity contribution is 7.79. The lowest BCUT2D eigenvalue weighted by Crippen LogP contribution is -2.48. The number of fused-ring (bicyclic) bond motifs is 1. The first kappa shape index (κ1) is 33.3. The molecule has 13 nitrogen and oxygen atoms in total. The van der Waals surface area contributed by atoms with E-state index in [0.29, 0.717) is 34.6 Å². The van der Waals surface area contributed by atoms with Gasteiger partial charge in [-0.1, -0.05) is 36.4 Å². The minimum Gasteiger partial charge on any atom is -0.494 e. The van der Waals surface area contributed by atoms with Crippen molar-refractivity contribution in [2.45, 2.75) is 0 Å². The van der Waals surface area contributed by atoms with Gasteiger partial charge >= 0.3 is 16.4 Å². The average molecular weight is 638 g/mol. The molecule has 4 N–H and O–H groups in total. The lowest BCUT2D eigenvalue weighted by Gasteiger charge is -2.32. The van der Waals surface area contributed by atoms with Gasteiger partial charge in [-0.2, -0.15) is 8.42 Å². The lowest BCUT2D eigenvalue weighted by atomic mass is 10.00. The van der Waals surface area contributed by atoms with Gasteiger partial charge in [0.25, 0.3) is 0 Å². The summed E-state index contributed by atoms with van der Waals surface area (Å²) in [5, 5.41) is 11.7. The van der Waals surface area contributed by atoms with Gasteiger partial charge in [0.1, 0.15) is 0 Å². The van der Waals surface area contributed by atoms with Crippen LogP contribution in [0.25, 0.3) is 10.9 Å². The molecule has 1 aliphatic rings. The van der Waals surface area contributed by atoms with Gasteiger partial charge < -0.3 is 24.6 Å². The maximum Gasteiger partial charge on any atom is 0.394 e. The molecule has 0 unspecified atom stereocenters. The van der Waals surface area contributed by atoms with Crippen molar-refractivity contribution in [1.29, 1.82) is 0 Å². The van der Waals surface area contributed by atoms with E-state index in [4.69, 9.17) is 27.3 Å². The molecule has 0 bridgehead atoms. The van der Waals surface area contributed by atoms with E-state index in [-0.39, 0.29) is 11.8 Å². The summed E-state index contributed by atoms with van der Waals surface area (Å²) in [6.07, 6.45) is 0. The fourth-order valence-corrected chi connectivity index (χ4v) is 4.86. The van der Waals surface area contributed by atoms with Crippen molar-refractivity contribution in [3.63, 3.8) is 0 Å². The van der Waals surface area contributed by atoms with E-state index in [2.05, 4.69) is 21.8 Å². The molecule has 1 fully saturated rings. The topological polar surface area (TPSA) is 176 Å². The Kier molecular flexibility index (Phi) is 10.7. The van der Waals surface area contributed by atoms with Crippen molar-refractivity contribution in [3.05, 3.63) is 89.5 Å². The number of ether oxygens (including phenoxy) is 1. The Morgan fingerprint density at radius 1 is 0.956 bits per heavy atom. The number of nitrogens with zero attached hydrogens (tertiary/aromatic N) is 4. The molecular weight excluding hydrogens is 602 g/mol. The fourth-order valence-electron chi connectivity index (χ4n) is 4.86. The van der Waals surface area contributed by atoms with Gasteiger partial charge in [0.15, 0.2) is 5.88 Å². The van der Waals surface area contributed by atoms with E-state index < -0.39 is 16.4 Å². The first-order valence-corrected chi connectivity index (χ1v) is 15.3. The maximum absolute atomic E-state index is 12.9. The largest absolute Gasteiger partial charge is 0.494 e. The van der Waals surface area contributed by atoms with Gasteiger partial charge in [-0.05, 0) is 43.4 Å². The van der Waals surface area contributed by atoms with E-state index in [1.165, 1.54) is 7.11 Å². The van der Waals surface area contributed by atoms with E-state index in [1.54, 1.807) is 30.1 Å². The molecule has 2 heterocycles. The summed E-state index contributed by atoms with van der Waals surface area (Å²) in [4.78, 5) is 39.0. The lowest BCUT2D eigenvalue weighted by molar-refractivity contribution is -0.119. The number of methoxy groups -OCH3 is 1. The van der Waals surface area contributed by atoms with Crippen LogP contribution in [0.4, 0.5) is 11.4 Å². The molecule has 0 spiro atoms. The zero-order valence-corrected chi connectivity index (χ0v) is 25.9. The third-order valence-corrected chi connectivity index (χ3v) is 7.29. The second-order valence-corrected chi connectivity index (χ2v) is 11.3. The van der Waals surface area contributed by atoms with Crippen molar-refractivity contribution >= 4 is 50.3 Å². The van der Waals surface area contributed by atoms with Gasteiger partial charge in [-0.25, -0.2) is 9.79 Å². The number of nitrogens with one attached hydrogen (secondary N) is 1. The van der Waals surface area contributed by atoms with Crippen LogP contribution in [0.5, 0.6) is 5.88 Å². The minimum atomic E-state index is -4.67. The van der Waals surface area contributed by atoms with Gasteiger partial charge in [-0.3, -0.25) is 18.8 Å². The van der Waals surface area contributed by atoms with Crippen molar-refractivity contribution in [3.8, 4) is 5.88 Å². The number of rotatable bonds is 7. The van der Waals surface area contributed by atoms with Gasteiger partial charge in [-0.15, -0.1) is 0 Å². The molecule has 238 valence electrons. The summed E-state index contributed by atoms with van der Waals surface area (Å²) in [5.41, 5.74) is 4.34. The molecule has 3 aromatic carbocycles. The Balaban J connectivity index is 0.000000854. The zero-order chi connectivity index (χ0) is 32.7. The molecule has 0 aliphatic carbocycles. The third-order valence-electron chi connectivity index (χ3n) is 7.29. The van der Waals surface area contributed by atoms with Crippen LogP contribution in [-0.2, 0) is 19.9 Å². The summed E-state index contributed by atoms with van der Waals surface area (Å²) < 4.78 is 36.4. The van der Waals surface area contributed by atoms with Crippen LogP contribution in [0.1, 0.15) is 21.5 Å². The minimum absolute atomic E-state index is 0.0424. The van der Waals surface area contributed by atoms with Crippen LogP contribution in [0.15, 0.2) is 77.8 Å².